The lowest BCUT2D eigenvalue weighted by molar-refractivity contribution is 0.595. The zero-order valence-electron chi connectivity index (χ0n) is 5.74. The number of sulfone groups is 1. The SMILES string of the molecule is CCS(=O)(=O)[C@@H]1C[C@H]1C#N. The summed E-state index contributed by atoms with van der Waals surface area (Å²) in [4.78, 5) is 0. The number of nitriles is 1. The van der Waals surface area contributed by atoms with Crippen LogP contribution in [0.2, 0.25) is 0 Å². The molecule has 0 aliphatic heterocycles. The molecule has 0 heterocycles. The minimum atomic E-state index is -2.91. The van der Waals surface area contributed by atoms with E-state index in [9.17, 15) is 8.42 Å². The van der Waals surface area contributed by atoms with E-state index in [0.717, 1.165) is 0 Å². The van der Waals surface area contributed by atoms with Crippen LogP contribution in [0.3, 0.4) is 0 Å². The zero-order valence-corrected chi connectivity index (χ0v) is 6.56. The van der Waals surface area contributed by atoms with Crippen LogP contribution in [0.4, 0.5) is 0 Å². The highest BCUT2D eigenvalue weighted by atomic mass is 32.2. The third kappa shape index (κ3) is 1.14. The Kier molecular flexibility index (Phi) is 1.69. The first-order chi connectivity index (χ1) is 4.61. The van der Waals surface area contributed by atoms with E-state index in [1.54, 1.807) is 6.92 Å². The van der Waals surface area contributed by atoms with Gasteiger partial charge >= 0.3 is 0 Å². The normalized spacial score (nSPS) is 31.2. The molecule has 0 spiro atoms. The van der Waals surface area contributed by atoms with E-state index in [4.69, 9.17) is 5.26 Å². The lowest BCUT2D eigenvalue weighted by Crippen LogP contribution is -2.10. The molecule has 1 saturated carbocycles. The predicted octanol–water partition coefficient (Wildman–Crippen LogP) is 0.333. The molecule has 0 amide bonds. The summed E-state index contributed by atoms with van der Waals surface area (Å²) < 4.78 is 22.0. The van der Waals surface area contributed by atoms with Crippen LogP contribution >= 0.6 is 0 Å². The highest BCUT2D eigenvalue weighted by Crippen LogP contribution is 2.36. The molecular weight excluding hydrogens is 150 g/mol. The average Bonchev–Trinajstić information content (AvgIpc) is 2.66. The van der Waals surface area contributed by atoms with Crippen molar-refractivity contribution in [2.24, 2.45) is 5.92 Å². The van der Waals surface area contributed by atoms with Crippen molar-refractivity contribution in [3.8, 4) is 6.07 Å². The Morgan fingerprint density at radius 3 is 2.60 bits per heavy atom. The van der Waals surface area contributed by atoms with Crippen molar-refractivity contribution in [1.82, 2.24) is 0 Å². The summed E-state index contributed by atoms with van der Waals surface area (Å²) in [5.74, 6) is -0.0551. The number of rotatable bonds is 2. The summed E-state index contributed by atoms with van der Waals surface area (Å²) in [5.41, 5.74) is 0. The number of hydrogen-bond donors (Lipinski definition) is 0. The molecule has 2 atom stereocenters. The molecular formula is C6H9NO2S. The molecule has 0 aromatic rings. The van der Waals surface area contributed by atoms with E-state index in [-0.39, 0.29) is 16.9 Å². The minimum absolute atomic E-state index is 0.163. The van der Waals surface area contributed by atoms with Gasteiger partial charge < -0.3 is 0 Å². The average molecular weight is 159 g/mol. The minimum Gasteiger partial charge on any atom is -0.229 e. The largest absolute Gasteiger partial charge is 0.229 e. The lowest BCUT2D eigenvalue weighted by Gasteiger charge is -1.93. The molecule has 0 N–H and O–H groups in total. The van der Waals surface area contributed by atoms with E-state index in [0.29, 0.717) is 6.42 Å². The van der Waals surface area contributed by atoms with Crippen LogP contribution in [-0.2, 0) is 9.84 Å². The van der Waals surface area contributed by atoms with Crippen molar-refractivity contribution < 1.29 is 8.42 Å². The topological polar surface area (TPSA) is 57.9 Å². The number of nitrogens with zero attached hydrogens (tertiary/aromatic N) is 1. The van der Waals surface area contributed by atoms with Crippen LogP contribution in [0.1, 0.15) is 13.3 Å². The van der Waals surface area contributed by atoms with Gasteiger partial charge in [0.2, 0.25) is 0 Å². The van der Waals surface area contributed by atoms with E-state index < -0.39 is 9.84 Å². The van der Waals surface area contributed by atoms with Crippen LogP contribution in [-0.4, -0.2) is 19.4 Å². The predicted molar refractivity (Wildman–Crippen MR) is 37.0 cm³/mol. The maximum absolute atomic E-state index is 11.0. The Bertz CT molecular complexity index is 262. The molecule has 0 aromatic carbocycles. The Balaban J connectivity index is 2.66. The van der Waals surface area contributed by atoms with Gasteiger partial charge in [-0.05, 0) is 6.42 Å². The molecule has 0 bridgehead atoms. The molecule has 3 nitrogen and oxygen atoms in total. The first-order valence-electron chi connectivity index (χ1n) is 3.23. The summed E-state index contributed by atoms with van der Waals surface area (Å²) >= 11 is 0. The van der Waals surface area contributed by atoms with Crippen LogP contribution in [0.15, 0.2) is 0 Å². The maximum atomic E-state index is 11.0. The third-order valence-corrected chi connectivity index (χ3v) is 4.01. The quantitative estimate of drug-likeness (QED) is 0.583. The summed E-state index contributed by atoms with van der Waals surface area (Å²) in [7, 11) is -2.91. The molecule has 1 aliphatic rings. The van der Waals surface area contributed by atoms with Gasteiger partial charge in [0.1, 0.15) is 0 Å². The van der Waals surface area contributed by atoms with Crippen LogP contribution in [0.25, 0.3) is 0 Å². The highest BCUT2D eigenvalue weighted by molar-refractivity contribution is 7.92. The van der Waals surface area contributed by atoms with Crippen molar-refractivity contribution in [3.05, 3.63) is 0 Å². The Hall–Kier alpha value is -0.560. The van der Waals surface area contributed by atoms with Crippen molar-refractivity contribution >= 4 is 9.84 Å². The first kappa shape index (κ1) is 7.55. The zero-order chi connectivity index (χ0) is 7.78. The van der Waals surface area contributed by atoms with Gasteiger partial charge in [0, 0.05) is 5.75 Å². The van der Waals surface area contributed by atoms with Gasteiger partial charge in [-0.1, -0.05) is 6.92 Å². The van der Waals surface area contributed by atoms with Gasteiger partial charge in [-0.3, -0.25) is 0 Å². The second kappa shape index (κ2) is 2.24. The van der Waals surface area contributed by atoms with E-state index in [2.05, 4.69) is 0 Å². The van der Waals surface area contributed by atoms with Crippen molar-refractivity contribution in [2.45, 2.75) is 18.6 Å². The van der Waals surface area contributed by atoms with Crippen LogP contribution < -0.4 is 0 Å². The van der Waals surface area contributed by atoms with Crippen LogP contribution in [0, 0.1) is 17.2 Å². The molecule has 1 aliphatic carbocycles. The molecule has 56 valence electrons. The summed E-state index contributed by atoms with van der Waals surface area (Å²) in [6, 6.07) is 1.95. The molecule has 1 fully saturated rings. The van der Waals surface area contributed by atoms with Crippen molar-refractivity contribution in [1.29, 1.82) is 5.26 Å². The molecule has 10 heavy (non-hydrogen) atoms. The summed E-state index contributed by atoms with van der Waals surface area (Å²) in [6.07, 6.45) is 0.548. The van der Waals surface area contributed by atoms with Gasteiger partial charge in [-0.15, -0.1) is 0 Å². The Labute approximate surface area is 60.6 Å². The molecule has 0 unspecified atom stereocenters. The fourth-order valence-electron chi connectivity index (χ4n) is 0.919. The summed E-state index contributed by atoms with van der Waals surface area (Å²) in [6.45, 7) is 1.61. The second-order valence-corrected chi connectivity index (χ2v) is 4.97. The Morgan fingerprint density at radius 1 is 1.70 bits per heavy atom. The smallest absolute Gasteiger partial charge is 0.154 e. The van der Waals surface area contributed by atoms with Gasteiger partial charge in [-0.25, -0.2) is 8.42 Å². The fourth-order valence-corrected chi connectivity index (χ4v) is 2.41. The third-order valence-electron chi connectivity index (χ3n) is 1.76. The molecule has 0 radical (unpaired) electrons. The Morgan fingerprint density at radius 2 is 2.30 bits per heavy atom. The molecule has 0 saturated heterocycles. The highest BCUT2D eigenvalue weighted by Gasteiger charge is 2.46. The van der Waals surface area contributed by atoms with Gasteiger partial charge in [0.05, 0.1) is 17.2 Å². The van der Waals surface area contributed by atoms with Gasteiger partial charge in [0.25, 0.3) is 0 Å². The van der Waals surface area contributed by atoms with E-state index in [1.165, 1.54) is 0 Å². The van der Waals surface area contributed by atoms with Gasteiger partial charge in [0.15, 0.2) is 9.84 Å². The molecule has 4 heteroatoms. The summed E-state index contributed by atoms with van der Waals surface area (Å²) in [5, 5.41) is 7.98. The maximum Gasteiger partial charge on any atom is 0.154 e. The van der Waals surface area contributed by atoms with E-state index >= 15 is 0 Å². The first-order valence-corrected chi connectivity index (χ1v) is 4.94. The molecule has 0 aromatic heterocycles. The van der Waals surface area contributed by atoms with Crippen molar-refractivity contribution in [2.75, 3.05) is 5.75 Å². The monoisotopic (exact) mass is 159 g/mol. The van der Waals surface area contributed by atoms with Gasteiger partial charge in [-0.2, -0.15) is 5.26 Å². The van der Waals surface area contributed by atoms with Crippen molar-refractivity contribution in [3.63, 3.8) is 0 Å². The molecule has 1 rings (SSSR count). The fraction of sp³-hybridized carbons (Fsp3) is 0.833. The number of hydrogen-bond acceptors (Lipinski definition) is 3. The lowest BCUT2D eigenvalue weighted by atomic mass is 10.5. The second-order valence-electron chi connectivity index (χ2n) is 2.46. The van der Waals surface area contributed by atoms with Crippen LogP contribution in [0.5, 0.6) is 0 Å². The standard InChI is InChI=1S/C6H9NO2S/c1-2-10(8,9)6-3-5(6)4-7/h5-6H,2-3H2,1H3/t5-,6+/m0/s1. The van der Waals surface area contributed by atoms with E-state index in [1.807, 2.05) is 6.07 Å².